The van der Waals surface area contributed by atoms with Gasteiger partial charge in [-0.3, -0.25) is 4.79 Å². The number of benzene rings is 2. The number of ether oxygens (including phenoxy) is 1. The van der Waals surface area contributed by atoms with Gasteiger partial charge >= 0.3 is 0 Å². The summed E-state index contributed by atoms with van der Waals surface area (Å²) in [6.07, 6.45) is 7.10. The van der Waals surface area contributed by atoms with E-state index < -0.39 is 0 Å². The van der Waals surface area contributed by atoms with E-state index in [2.05, 4.69) is 21.1 Å². The number of fused-ring (bicyclic) bond motifs is 1. The van der Waals surface area contributed by atoms with Gasteiger partial charge in [-0.1, -0.05) is 30.3 Å². The van der Waals surface area contributed by atoms with Gasteiger partial charge in [-0.15, -0.1) is 0 Å². The van der Waals surface area contributed by atoms with Crippen LogP contribution in [0.15, 0.2) is 79.1 Å². The molecule has 0 saturated heterocycles. The van der Waals surface area contributed by atoms with Gasteiger partial charge in [0.05, 0.1) is 5.69 Å². The Morgan fingerprint density at radius 3 is 2.77 bits per heavy atom. The van der Waals surface area contributed by atoms with E-state index in [-0.39, 0.29) is 11.8 Å². The van der Waals surface area contributed by atoms with E-state index in [1.165, 1.54) is 12.8 Å². The highest BCUT2D eigenvalue weighted by atomic mass is 16.5. The Morgan fingerprint density at radius 1 is 1.00 bits per heavy atom. The van der Waals surface area contributed by atoms with Crippen molar-refractivity contribution in [1.82, 2.24) is 14.5 Å². The molecule has 0 aliphatic carbocycles. The molecule has 1 aliphatic heterocycles. The minimum absolute atomic E-state index is 0.268. The van der Waals surface area contributed by atoms with Gasteiger partial charge < -0.3 is 14.6 Å². The van der Waals surface area contributed by atoms with Crippen molar-refractivity contribution in [2.75, 3.05) is 5.32 Å². The number of carbonyl (C=O) groups excluding carboxylic acids is 1. The Morgan fingerprint density at radius 2 is 1.90 bits per heavy atom. The first-order valence-corrected chi connectivity index (χ1v) is 10.4. The number of imidazole rings is 1. The second kappa shape index (κ2) is 8.44. The molecule has 0 bridgehead atoms. The maximum Gasteiger partial charge on any atom is 0.261 e. The Bertz CT molecular complexity index is 1190. The molecule has 0 radical (unpaired) electrons. The second-order valence-corrected chi connectivity index (χ2v) is 7.50. The number of nitrogens with zero attached hydrogens (tertiary/aromatic N) is 3. The van der Waals surface area contributed by atoms with Crippen molar-refractivity contribution < 1.29 is 9.53 Å². The Hall–Kier alpha value is -3.93. The summed E-state index contributed by atoms with van der Waals surface area (Å²) in [5.74, 6) is 1.75. The summed E-state index contributed by atoms with van der Waals surface area (Å²) in [6.45, 7) is 1.02. The normalized spacial score (nSPS) is 12.8. The summed E-state index contributed by atoms with van der Waals surface area (Å²) in [6, 6.07) is 20.5. The predicted octanol–water partition coefficient (Wildman–Crippen LogP) is 5.33. The average Bonchev–Trinajstić information content (AvgIpc) is 3.25. The monoisotopic (exact) mass is 410 g/mol. The van der Waals surface area contributed by atoms with E-state index in [0.717, 1.165) is 30.0 Å². The number of carbonyl (C=O) groups is 1. The summed E-state index contributed by atoms with van der Waals surface area (Å²) >= 11 is 0. The Balaban J connectivity index is 1.37. The minimum Gasteiger partial charge on any atom is -0.438 e. The van der Waals surface area contributed by atoms with Crippen LogP contribution in [0.25, 0.3) is 11.3 Å². The summed E-state index contributed by atoms with van der Waals surface area (Å²) < 4.78 is 8.05. The summed E-state index contributed by atoms with van der Waals surface area (Å²) in [4.78, 5) is 22.0. The van der Waals surface area contributed by atoms with E-state index in [1.807, 2.05) is 54.6 Å². The molecule has 0 spiro atoms. The molecule has 2 aromatic carbocycles. The molecule has 6 heteroatoms. The maximum atomic E-state index is 13.0. The average molecular weight is 410 g/mol. The fourth-order valence-corrected chi connectivity index (χ4v) is 3.75. The molecule has 31 heavy (non-hydrogen) atoms. The Kier molecular flexibility index (Phi) is 5.19. The molecule has 154 valence electrons. The number of anilines is 1. The van der Waals surface area contributed by atoms with Crippen molar-refractivity contribution >= 4 is 11.6 Å². The fourth-order valence-electron chi connectivity index (χ4n) is 3.75. The number of hydrogen-bond acceptors (Lipinski definition) is 4. The molecule has 0 unspecified atom stereocenters. The third-order valence-electron chi connectivity index (χ3n) is 5.30. The number of rotatable bonds is 5. The first kappa shape index (κ1) is 19.1. The molecular weight excluding hydrogens is 388 g/mol. The smallest absolute Gasteiger partial charge is 0.261 e. The van der Waals surface area contributed by atoms with E-state index >= 15 is 0 Å². The first-order chi connectivity index (χ1) is 15.3. The number of hydrogen-bond donors (Lipinski definition) is 1. The fraction of sp³-hybridized carbons (Fsp3) is 0.160. The zero-order chi connectivity index (χ0) is 21.0. The number of pyridine rings is 1. The van der Waals surface area contributed by atoms with Crippen LogP contribution in [0, 0.1) is 0 Å². The lowest BCUT2D eigenvalue weighted by molar-refractivity contribution is 0.102. The molecule has 0 atom stereocenters. The highest BCUT2D eigenvalue weighted by molar-refractivity contribution is 6.06. The lowest BCUT2D eigenvalue weighted by Gasteiger charge is -2.11. The van der Waals surface area contributed by atoms with Crippen LogP contribution in [-0.4, -0.2) is 20.4 Å². The second-order valence-electron chi connectivity index (χ2n) is 7.50. The van der Waals surface area contributed by atoms with Gasteiger partial charge in [0.2, 0.25) is 5.88 Å². The van der Waals surface area contributed by atoms with Crippen LogP contribution in [0.4, 0.5) is 5.69 Å². The van der Waals surface area contributed by atoms with Crippen LogP contribution in [0.5, 0.6) is 11.6 Å². The number of aromatic nitrogens is 3. The first-order valence-electron chi connectivity index (χ1n) is 10.4. The molecule has 5 rings (SSSR count). The van der Waals surface area contributed by atoms with Gasteiger partial charge in [0.15, 0.2) is 0 Å². The zero-order valence-electron chi connectivity index (χ0n) is 17.0. The van der Waals surface area contributed by atoms with Gasteiger partial charge in [0.25, 0.3) is 5.91 Å². The predicted molar refractivity (Wildman–Crippen MR) is 119 cm³/mol. The van der Waals surface area contributed by atoms with Crippen LogP contribution in [0.2, 0.25) is 0 Å². The highest BCUT2D eigenvalue weighted by Crippen LogP contribution is 2.27. The molecule has 0 fully saturated rings. The molecule has 1 N–H and O–H groups in total. The van der Waals surface area contributed by atoms with Crippen LogP contribution >= 0.6 is 0 Å². The van der Waals surface area contributed by atoms with Crippen molar-refractivity contribution in [3.05, 3.63) is 90.5 Å². The quantitative estimate of drug-likeness (QED) is 0.483. The van der Waals surface area contributed by atoms with Crippen molar-refractivity contribution in [2.45, 2.75) is 25.8 Å². The molecule has 0 saturated carbocycles. The van der Waals surface area contributed by atoms with E-state index in [4.69, 9.17) is 9.72 Å². The van der Waals surface area contributed by atoms with Gasteiger partial charge in [0, 0.05) is 36.6 Å². The topological polar surface area (TPSA) is 69.0 Å². The number of para-hydroxylation sites is 1. The molecule has 1 aliphatic rings. The van der Waals surface area contributed by atoms with Crippen LogP contribution < -0.4 is 10.1 Å². The summed E-state index contributed by atoms with van der Waals surface area (Å²) in [5, 5.41) is 2.96. The van der Waals surface area contributed by atoms with Crippen LogP contribution in [0.3, 0.4) is 0 Å². The van der Waals surface area contributed by atoms with Gasteiger partial charge in [0.1, 0.15) is 17.1 Å². The molecule has 2 aromatic heterocycles. The summed E-state index contributed by atoms with van der Waals surface area (Å²) in [7, 11) is 0. The minimum atomic E-state index is -0.277. The lowest BCUT2D eigenvalue weighted by Crippen LogP contribution is -2.13. The van der Waals surface area contributed by atoms with E-state index in [1.54, 1.807) is 18.3 Å². The van der Waals surface area contributed by atoms with E-state index in [9.17, 15) is 4.79 Å². The van der Waals surface area contributed by atoms with Gasteiger partial charge in [-0.05, 0) is 49.2 Å². The number of nitrogens with one attached hydrogen (secondary N) is 1. The molecule has 4 aromatic rings. The zero-order valence-corrected chi connectivity index (χ0v) is 17.0. The largest absolute Gasteiger partial charge is 0.438 e. The van der Waals surface area contributed by atoms with Crippen molar-refractivity contribution in [3.63, 3.8) is 0 Å². The molecule has 6 nitrogen and oxygen atoms in total. The maximum absolute atomic E-state index is 13.0. The van der Waals surface area contributed by atoms with Gasteiger partial charge in [-0.25, -0.2) is 9.97 Å². The SMILES string of the molecule is O=C(Nc1cccc(-c2cn3c(n2)CCCC3)c1)c1cccnc1Oc1ccccc1. The lowest BCUT2D eigenvalue weighted by atomic mass is 10.1. The van der Waals surface area contributed by atoms with Crippen molar-refractivity contribution in [3.8, 4) is 22.9 Å². The third kappa shape index (κ3) is 4.19. The van der Waals surface area contributed by atoms with Crippen LogP contribution in [-0.2, 0) is 13.0 Å². The van der Waals surface area contributed by atoms with Crippen LogP contribution in [0.1, 0.15) is 29.0 Å². The van der Waals surface area contributed by atoms with Crippen molar-refractivity contribution in [1.29, 1.82) is 0 Å². The third-order valence-corrected chi connectivity index (χ3v) is 5.30. The molecule has 3 heterocycles. The van der Waals surface area contributed by atoms with Gasteiger partial charge in [-0.2, -0.15) is 0 Å². The Labute approximate surface area is 180 Å². The number of amides is 1. The standard InChI is InChI=1S/C25H22N4O2/c30-24(21-12-7-14-26-25(21)31-20-10-2-1-3-11-20)27-19-9-6-8-18(16-19)22-17-29-15-5-4-13-23(29)28-22/h1-3,6-12,14,16-17H,4-5,13,15H2,(H,27,30). The highest BCUT2D eigenvalue weighted by Gasteiger charge is 2.16. The van der Waals surface area contributed by atoms with Crippen molar-refractivity contribution in [2.24, 2.45) is 0 Å². The van der Waals surface area contributed by atoms with E-state index in [0.29, 0.717) is 17.0 Å². The number of aryl methyl sites for hydroxylation is 2. The summed E-state index contributed by atoms with van der Waals surface area (Å²) in [5.41, 5.74) is 2.98. The molecule has 1 amide bonds. The molecular formula is C25H22N4O2.